The van der Waals surface area contributed by atoms with E-state index in [0.29, 0.717) is 5.92 Å². The van der Waals surface area contributed by atoms with Crippen LogP contribution >= 0.6 is 0 Å². The summed E-state index contributed by atoms with van der Waals surface area (Å²) in [6.07, 6.45) is 9.24. The van der Waals surface area contributed by atoms with Crippen LogP contribution < -0.4 is 5.32 Å². The first-order valence-corrected chi connectivity index (χ1v) is 5.18. The van der Waals surface area contributed by atoms with Crippen molar-refractivity contribution in [2.24, 2.45) is 17.8 Å². The number of allylic oxidation sites excluding steroid dienone is 2. The Morgan fingerprint density at radius 3 is 2.92 bits per heavy atom. The third kappa shape index (κ3) is 1.77. The number of hydrogen-bond donors (Lipinski definition) is 1. The van der Waals surface area contributed by atoms with Crippen LogP contribution in [0.1, 0.15) is 25.7 Å². The molecule has 0 heterocycles. The van der Waals surface area contributed by atoms with E-state index in [1.54, 1.807) is 7.05 Å². The molecule has 0 saturated heterocycles. The van der Waals surface area contributed by atoms with Gasteiger partial charge in [-0.3, -0.25) is 4.79 Å². The lowest BCUT2D eigenvalue weighted by molar-refractivity contribution is -0.126. The molecule has 1 amide bonds. The molecule has 2 rings (SSSR count). The number of fused-ring (bicyclic) bond motifs is 2. The summed E-state index contributed by atoms with van der Waals surface area (Å²) < 4.78 is 0. The molecular formula is C11H17NO. The number of nitrogens with one attached hydrogen (secondary N) is 1. The van der Waals surface area contributed by atoms with Crippen molar-refractivity contribution in [2.45, 2.75) is 25.7 Å². The maximum Gasteiger partial charge on any atom is 0.222 e. The van der Waals surface area contributed by atoms with Crippen molar-refractivity contribution < 1.29 is 4.79 Å². The number of hydrogen-bond acceptors (Lipinski definition) is 1. The standard InChI is InChI=1S/C11H17NO/c1-12-11(13)10-6-8-3-2-4-9(5-8)7-10/h2-3,8-10H,4-7H2,1H3,(H,12,13)/t8-,9+,10+/m0/s1. The van der Waals surface area contributed by atoms with Crippen LogP contribution in [0.4, 0.5) is 0 Å². The highest BCUT2D eigenvalue weighted by Crippen LogP contribution is 2.39. The lowest BCUT2D eigenvalue weighted by Crippen LogP contribution is -2.34. The second kappa shape index (κ2) is 3.52. The maximum absolute atomic E-state index is 11.5. The van der Waals surface area contributed by atoms with E-state index >= 15 is 0 Å². The molecular weight excluding hydrogens is 162 g/mol. The Balaban J connectivity index is 2.03. The van der Waals surface area contributed by atoms with Crippen LogP contribution in [0.5, 0.6) is 0 Å². The summed E-state index contributed by atoms with van der Waals surface area (Å²) in [6.45, 7) is 0. The summed E-state index contributed by atoms with van der Waals surface area (Å²) in [5.41, 5.74) is 0. The molecule has 2 bridgehead atoms. The molecule has 3 atom stereocenters. The van der Waals surface area contributed by atoms with Crippen molar-refractivity contribution in [3.63, 3.8) is 0 Å². The molecule has 0 radical (unpaired) electrons. The van der Waals surface area contributed by atoms with E-state index in [-0.39, 0.29) is 11.8 Å². The highest BCUT2D eigenvalue weighted by atomic mass is 16.1. The Morgan fingerprint density at radius 1 is 1.38 bits per heavy atom. The van der Waals surface area contributed by atoms with Crippen molar-refractivity contribution in [3.05, 3.63) is 12.2 Å². The van der Waals surface area contributed by atoms with Gasteiger partial charge in [-0.15, -0.1) is 0 Å². The van der Waals surface area contributed by atoms with E-state index < -0.39 is 0 Å². The average molecular weight is 179 g/mol. The number of rotatable bonds is 1. The molecule has 0 aromatic heterocycles. The predicted octanol–water partition coefficient (Wildman–Crippen LogP) is 1.72. The highest BCUT2D eigenvalue weighted by Gasteiger charge is 2.32. The quantitative estimate of drug-likeness (QED) is 0.610. The molecule has 2 nitrogen and oxygen atoms in total. The predicted molar refractivity (Wildman–Crippen MR) is 52.1 cm³/mol. The van der Waals surface area contributed by atoms with Gasteiger partial charge in [0.25, 0.3) is 0 Å². The molecule has 1 saturated carbocycles. The van der Waals surface area contributed by atoms with E-state index in [4.69, 9.17) is 0 Å². The topological polar surface area (TPSA) is 29.1 Å². The van der Waals surface area contributed by atoms with Gasteiger partial charge in [0.2, 0.25) is 5.91 Å². The first-order chi connectivity index (χ1) is 6.29. The van der Waals surface area contributed by atoms with Gasteiger partial charge in [0.05, 0.1) is 0 Å². The molecule has 0 aliphatic heterocycles. The van der Waals surface area contributed by atoms with Crippen molar-refractivity contribution in [2.75, 3.05) is 7.05 Å². The van der Waals surface area contributed by atoms with E-state index in [9.17, 15) is 4.79 Å². The van der Waals surface area contributed by atoms with Gasteiger partial charge in [-0.2, -0.15) is 0 Å². The minimum absolute atomic E-state index is 0.241. The Morgan fingerprint density at radius 2 is 2.23 bits per heavy atom. The number of carbonyl (C=O) groups excluding carboxylic acids is 1. The van der Waals surface area contributed by atoms with Gasteiger partial charge in [-0.05, 0) is 37.5 Å². The second-order valence-corrected chi connectivity index (χ2v) is 4.31. The highest BCUT2D eigenvalue weighted by molar-refractivity contribution is 5.78. The van der Waals surface area contributed by atoms with Gasteiger partial charge in [0.1, 0.15) is 0 Å². The molecule has 2 heteroatoms. The summed E-state index contributed by atoms with van der Waals surface area (Å²) >= 11 is 0. The van der Waals surface area contributed by atoms with Crippen molar-refractivity contribution >= 4 is 5.91 Å². The average Bonchev–Trinajstić information content (AvgIpc) is 2.16. The lowest BCUT2D eigenvalue weighted by atomic mass is 9.71. The van der Waals surface area contributed by atoms with Crippen molar-refractivity contribution in [3.8, 4) is 0 Å². The molecule has 0 unspecified atom stereocenters. The third-order valence-corrected chi connectivity index (χ3v) is 3.34. The normalized spacial score (nSPS) is 37.2. The zero-order valence-corrected chi connectivity index (χ0v) is 8.12. The Bertz CT molecular complexity index is 234. The second-order valence-electron chi connectivity index (χ2n) is 4.31. The van der Waals surface area contributed by atoms with Gasteiger partial charge >= 0.3 is 0 Å². The van der Waals surface area contributed by atoms with Gasteiger partial charge in [-0.1, -0.05) is 12.2 Å². The zero-order chi connectivity index (χ0) is 9.26. The summed E-state index contributed by atoms with van der Waals surface area (Å²) in [6, 6.07) is 0. The summed E-state index contributed by atoms with van der Waals surface area (Å²) in [4.78, 5) is 11.5. The maximum atomic E-state index is 11.5. The lowest BCUT2D eigenvalue weighted by Gasteiger charge is -2.34. The SMILES string of the molecule is CNC(=O)[C@@H]1C[C@H]2C=CC[C@H](C2)C1. The molecule has 13 heavy (non-hydrogen) atoms. The Kier molecular flexibility index (Phi) is 2.38. The largest absolute Gasteiger partial charge is 0.359 e. The molecule has 2 aliphatic carbocycles. The molecule has 0 aromatic rings. The number of amides is 1. The van der Waals surface area contributed by atoms with Gasteiger partial charge in [0.15, 0.2) is 0 Å². The minimum Gasteiger partial charge on any atom is -0.359 e. The fraction of sp³-hybridized carbons (Fsp3) is 0.727. The Hall–Kier alpha value is -0.790. The van der Waals surface area contributed by atoms with Crippen molar-refractivity contribution in [1.82, 2.24) is 5.32 Å². The Labute approximate surface area is 79.4 Å². The molecule has 1 fully saturated rings. The number of carbonyl (C=O) groups is 1. The van der Waals surface area contributed by atoms with Crippen molar-refractivity contribution in [1.29, 1.82) is 0 Å². The molecule has 0 aromatic carbocycles. The van der Waals surface area contributed by atoms with E-state index in [1.165, 1.54) is 12.8 Å². The van der Waals surface area contributed by atoms with Crippen LogP contribution in [0.15, 0.2) is 12.2 Å². The van der Waals surface area contributed by atoms with Gasteiger partial charge in [-0.25, -0.2) is 0 Å². The summed E-state index contributed by atoms with van der Waals surface area (Å²) in [5, 5.41) is 2.76. The van der Waals surface area contributed by atoms with Gasteiger partial charge in [0, 0.05) is 13.0 Å². The van der Waals surface area contributed by atoms with E-state index in [2.05, 4.69) is 17.5 Å². The zero-order valence-electron chi connectivity index (χ0n) is 8.12. The smallest absolute Gasteiger partial charge is 0.222 e. The van der Waals surface area contributed by atoms with Crippen LogP contribution in [-0.4, -0.2) is 13.0 Å². The third-order valence-electron chi connectivity index (χ3n) is 3.34. The van der Waals surface area contributed by atoms with E-state index in [0.717, 1.165) is 18.8 Å². The van der Waals surface area contributed by atoms with Crippen LogP contribution in [0.25, 0.3) is 0 Å². The summed E-state index contributed by atoms with van der Waals surface area (Å²) in [5.74, 6) is 1.96. The summed E-state index contributed by atoms with van der Waals surface area (Å²) in [7, 11) is 1.74. The molecule has 0 spiro atoms. The van der Waals surface area contributed by atoms with Crippen LogP contribution in [0, 0.1) is 17.8 Å². The first-order valence-electron chi connectivity index (χ1n) is 5.18. The van der Waals surface area contributed by atoms with E-state index in [1.807, 2.05) is 0 Å². The van der Waals surface area contributed by atoms with Crippen LogP contribution in [0.2, 0.25) is 0 Å². The fourth-order valence-electron chi connectivity index (χ4n) is 2.72. The first kappa shape index (κ1) is 8.79. The molecule has 72 valence electrons. The molecule has 2 aliphatic rings. The monoisotopic (exact) mass is 179 g/mol. The molecule has 1 N–H and O–H groups in total. The fourth-order valence-corrected chi connectivity index (χ4v) is 2.72. The van der Waals surface area contributed by atoms with Gasteiger partial charge < -0.3 is 5.32 Å². The minimum atomic E-state index is 0.241. The van der Waals surface area contributed by atoms with Crippen LogP contribution in [-0.2, 0) is 4.79 Å². The van der Waals surface area contributed by atoms with Crippen LogP contribution in [0.3, 0.4) is 0 Å².